The fraction of sp³-hybridized carbons (Fsp3) is 0.381. The van der Waals surface area contributed by atoms with Crippen molar-refractivity contribution in [2.75, 3.05) is 33.2 Å². The summed E-state index contributed by atoms with van der Waals surface area (Å²) in [5, 5.41) is 0. The number of likely N-dealkylation sites (N-methyl/N-ethyl adjacent to an activating group) is 1. The molecule has 0 spiro atoms. The summed E-state index contributed by atoms with van der Waals surface area (Å²) in [5.74, 6) is 0.633. The van der Waals surface area contributed by atoms with Gasteiger partial charge in [0.2, 0.25) is 0 Å². The van der Waals surface area contributed by atoms with Crippen molar-refractivity contribution in [1.29, 1.82) is 0 Å². The highest BCUT2D eigenvalue weighted by molar-refractivity contribution is 9.10. The van der Waals surface area contributed by atoms with Gasteiger partial charge in [-0.2, -0.15) is 0 Å². The molecule has 2 aromatic carbocycles. The first kappa shape index (κ1) is 18.9. The second-order valence-corrected chi connectivity index (χ2v) is 7.51. The van der Waals surface area contributed by atoms with Crippen LogP contribution in [-0.2, 0) is 6.61 Å². The normalized spacial score (nSPS) is 14.4. The summed E-state index contributed by atoms with van der Waals surface area (Å²) >= 11 is 3.53. The first-order valence-corrected chi connectivity index (χ1v) is 9.87. The van der Waals surface area contributed by atoms with E-state index in [1.165, 1.54) is 12.8 Å². The van der Waals surface area contributed by atoms with E-state index in [0.29, 0.717) is 17.9 Å². The number of halogens is 1. The van der Waals surface area contributed by atoms with Gasteiger partial charge in [0, 0.05) is 30.2 Å². The van der Waals surface area contributed by atoms with Gasteiger partial charge in [-0.1, -0.05) is 46.3 Å². The van der Waals surface area contributed by atoms with Crippen LogP contribution in [0.3, 0.4) is 0 Å². The minimum atomic E-state index is 0.00641. The molecule has 1 heterocycles. The maximum absolute atomic E-state index is 12.9. The number of para-hydroxylation sites is 1. The standard InChI is InChI=1S/C21H25BrN2O2/c1-23(14-15-24-12-6-7-13-24)21(25)18-9-3-5-11-20(18)26-16-17-8-2-4-10-19(17)22/h2-5,8-11H,6-7,12-16H2,1H3. The van der Waals surface area contributed by atoms with Gasteiger partial charge >= 0.3 is 0 Å². The molecule has 0 aromatic heterocycles. The molecule has 5 heteroatoms. The third-order valence-corrected chi connectivity index (χ3v) is 5.53. The van der Waals surface area contributed by atoms with Crippen LogP contribution in [-0.4, -0.2) is 48.9 Å². The van der Waals surface area contributed by atoms with Crippen molar-refractivity contribution in [2.45, 2.75) is 19.4 Å². The lowest BCUT2D eigenvalue weighted by molar-refractivity contribution is 0.0777. The molecule has 1 aliphatic rings. The van der Waals surface area contributed by atoms with Crippen LogP contribution in [0.1, 0.15) is 28.8 Å². The number of amides is 1. The molecule has 26 heavy (non-hydrogen) atoms. The lowest BCUT2D eigenvalue weighted by Gasteiger charge is -2.22. The van der Waals surface area contributed by atoms with Crippen LogP contribution in [0.15, 0.2) is 53.0 Å². The molecule has 0 bridgehead atoms. The monoisotopic (exact) mass is 416 g/mol. The zero-order valence-corrected chi connectivity index (χ0v) is 16.7. The third kappa shape index (κ3) is 4.86. The first-order chi connectivity index (χ1) is 12.6. The largest absolute Gasteiger partial charge is 0.488 e. The third-order valence-electron chi connectivity index (χ3n) is 4.76. The highest BCUT2D eigenvalue weighted by Gasteiger charge is 2.18. The van der Waals surface area contributed by atoms with Crippen LogP contribution >= 0.6 is 15.9 Å². The summed E-state index contributed by atoms with van der Waals surface area (Å²) in [6.45, 7) is 4.38. The average Bonchev–Trinajstić information content (AvgIpc) is 3.19. The molecule has 0 saturated carbocycles. The molecule has 0 aliphatic carbocycles. The lowest BCUT2D eigenvalue weighted by Crippen LogP contribution is -2.35. The minimum Gasteiger partial charge on any atom is -0.488 e. The Bertz CT molecular complexity index is 744. The van der Waals surface area contributed by atoms with Crippen LogP contribution in [0.25, 0.3) is 0 Å². The number of ether oxygens (including phenoxy) is 1. The summed E-state index contributed by atoms with van der Waals surface area (Å²) in [7, 11) is 1.86. The fourth-order valence-electron chi connectivity index (χ4n) is 3.14. The molecule has 0 N–H and O–H groups in total. The van der Waals surface area contributed by atoms with Crippen molar-refractivity contribution in [2.24, 2.45) is 0 Å². The van der Waals surface area contributed by atoms with Gasteiger partial charge in [0.05, 0.1) is 5.56 Å². The van der Waals surface area contributed by atoms with E-state index in [-0.39, 0.29) is 5.91 Å². The van der Waals surface area contributed by atoms with Crippen LogP contribution < -0.4 is 4.74 Å². The quantitative estimate of drug-likeness (QED) is 0.677. The van der Waals surface area contributed by atoms with E-state index < -0.39 is 0 Å². The number of hydrogen-bond donors (Lipinski definition) is 0. The maximum atomic E-state index is 12.9. The van der Waals surface area contributed by atoms with Crippen molar-refractivity contribution in [1.82, 2.24) is 9.80 Å². The van der Waals surface area contributed by atoms with Gasteiger partial charge in [-0.05, 0) is 44.1 Å². The van der Waals surface area contributed by atoms with Crippen LogP contribution in [0.4, 0.5) is 0 Å². The summed E-state index contributed by atoms with van der Waals surface area (Å²) in [4.78, 5) is 17.1. The van der Waals surface area contributed by atoms with E-state index >= 15 is 0 Å². The minimum absolute atomic E-state index is 0.00641. The number of hydrogen-bond acceptors (Lipinski definition) is 3. The highest BCUT2D eigenvalue weighted by atomic mass is 79.9. The van der Waals surface area contributed by atoms with Crippen LogP contribution in [0.5, 0.6) is 5.75 Å². The predicted octanol–water partition coefficient (Wildman–Crippen LogP) is 4.20. The van der Waals surface area contributed by atoms with Crippen LogP contribution in [0.2, 0.25) is 0 Å². The predicted molar refractivity (Wildman–Crippen MR) is 108 cm³/mol. The highest BCUT2D eigenvalue weighted by Crippen LogP contribution is 2.23. The Morgan fingerprint density at radius 3 is 2.58 bits per heavy atom. The molecule has 4 nitrogen and oxygen atoms in total. The Labute approximate surface area is 163 Å². The first-order valence-electron chi connectivity index (χ1n) is 9.08. The molecule has 138 valence electrons. The van der Waals surface area contributed by atoms with Crippen molar-refractivity contribution in [3.8, 4) is 5.75 Å². The Morgan fingerprint density at radius 1 is 1.12 bits per heavy atom. The smallest absolute Gasteiger partial charge is 0.257 e. The van der Waals surface area contributed by atoms with Gasteiger partial charge in [-0.25, -0.2) is 0 Å². The van der Waals surface area contributed by atoms with Gasteiger partial charge < -0.3 is 14.5 Å². The Kier molecular flexibility index (Phi) is 6.69. The average molecular weight is 417 g/mol. The van der Waals surface area contributed by atoms with Crippen molar-refractivity contribution in [3.05, 3.63) is 64.1 Å². The number of rotatable bonds is 7. The summed E-state index contributed by atoms with van der Waals surface area (Å²) < 4.78 is 6.97. The molecular weight excluding hydrogens is 392 g/mol. The molecule has 0 radical (unpaired) electrons. The number of carbonyl (C=O) groups is 1. The van der Waals surface area contributed by atoms with E-state index in [1.54, 1.807) is 4.90 Å². The maximum Gasteiger partial charge on any atom is 0.257 e. The van der Waals surface area contributed by atoms with E-state index in [4.69, 9.17) is 4.74 Å². The molecule has 1 saturated heterocycles. The van der Waals surface area contributed by atoms with Gasteiger partial charge in [-0.3, -0.25) is 4.79 Å². The zero-order chi connectivity index (χ0) is 18.4. The number of likely N-dealkylation sites (tertiary alicyclic amines) is 1. The Balaban J connectivity index is 1.63. The summed E-state index contributed by atoms with van der Waals surface area (Å²) in [6, 6.07) is 15.4. The second-order valence-electron chi connectivity index (χ2n) is 6.65. The summed E-state index contributed by atoms with van der Waals surface area (Å²) in [6.07, 6.45) is 2.53. The van der Waals surface area contributed by atoms with E-state index in [9.17, 15) is 4.79 Å². The van der Waals surface area contributed by atoms with Crippen molar-refractivity contribution in [3.63, 3.8) is 0 Å². The van der Waals surface area contributed by atoms with E-state index in [1.807, 2.05) is 55.6 Å². The number of carbonyl (C=O) groups excluding carboxylic acids is 1. The second kappa shape index (κ2) is 9.19. The number of nitrogens with zero attached hydrogens (tertiary/aromatic N) is 2. The molecular formula is C21H25BrN2O2. The topological polar surface area (TPSA) is 32.8 Å². The van der Waals surface area contributed by atoms with Gasteiger partial charge in [-0.15, -0.1) is 0 Å². The van der Waals surface area contributed by atoms with Crippen molar-refractivity contribution < 1.29 is 9.53 Å². The van der Waals surface area contributed by atoms with E-state index in [0.717, 1.165) is 36.2 Å². The van der Waals surface area contributed by atoms with E-state index in [2.05, 4.69) is 20.8 Å². The fourth-order valence-corrected chi connectivity index (χ4v) is 3.54. The molecule has 2 aromatic rings. The molecule has 1 fully saturated rings. The molecule has 0 atom stereocenters. The Morgan fingerprint density at radius 2 is 1.81 bits per heavy atom. The van der Waals surface area contributed by atoms with Gasteiger partial charge in [0.25, 0.3) is 5.91 Å². The summed E-state index contributed by atoms with van der Waals surface area (Å²) in [5.41, 5.74) is 1.67. The molecule has 3 rings (SSSR count). The van der Waals surface area contributed by atoms with Gasteiger partial charge in [0.1, 0.15) is 12.4 Å². The Hall–Kier alpha value is -1.85. The van der Waals surface area contributed by atoms with Crippen LogP contribution in [0, 0.1) is 0 Å². The number of benzene rings is 2. The molecule has 0 unspecified atom stereocenters. The molecule has 1 amide bonds. The zero-order valence-electron chi connectivity index (χ0n) is 15.2. The van der Waals surface area contributed by atoms with Gasteiger partial charge in [0.15, 0.2) is 0 Å². The molecule has 1 aliphatic heterocycles. The SMILES string of the molecule is CN(CCN1CCCC1)C(=O)c1ccccc1OCc1ccccc1Br. The lowest BCUT2D eigenvalue weighted by atomic mass is 10.1. The van der Waals surface area contributed by atoms with Crippen molar-refractivity contribution >= 4 is 21.8 Å².